The Morgan fingerprint density at radius 1 is 0.852 bits per heavy atom. The first-order chi connectivity index (χ1) is 13.2. The second-order valence-corrected chi connectivity index (χ2v) is 10.3. The molecule has 0 heterocycles. The Balaban J connectivity index is 1.30. The van der Waals surface area contributed by atoms with E-state index in [-0.39, 0.29) is 0 Å². The Bertz CT molecular complexity index is 611. The smallest absolute Gasteiger partial charge is 0.0228 e. The van der Waals surface area contributed by atoms with E-state index in [1.165, 1.54) is 82.6 Å². The molecule has 1 aromatic rings. The van der Waals surface area contributed by atoms with Crippen LogP contribution in [0, 0.1) is 29.1 Å². The maximum atomic E-state index is 2.60. The zero-order valence-corrected chi connectivity index (χ0v) is 17.8. The molecule has 0 radical (unpaired) electrons. The molecular weight excluding hydrogens is 324 g/mol. The SMILES string of the molecule is CC[C@H]1CC[C@H](C2CCC(C3(C)CC=C(c4ccccc4)CC3)CC2)CC1. The van der Waals surface area contributed by atoms with Gasteiger partial charge >= 0.3 is 0 Å². The Hall–Kier alpha value is -1.04. The fraction of sp³-hybridized carbons (Fsp3) is 0.704. The fourth-order valence-corrected chi connectivity index (χ4v) is 6.62. The van der Waals surface area contributed by atoms with Gasteiger partial charge in [-0.05, 0) is 98.0 Å². The zero-order valence-electron chi connectivity index (χ0n) is 17.8. The summed E-state index contributed by atoms with van der Waals surface area (Å²) in [7, 11) is 0. The minimum atomic E-state index is 0.559. The first kappa shape index (κ1) is 19.3. The van der Waals surface area contributed by atoms with Crippen molar-refractivity contribution in [2.24, 2.45) is 29.1 Å². The van der Waals surface area contributed by atoms with Crippen LogP contribution in [0.25, 0.3) is 5.57 Å². The number of allylic oxidation sites excluding steroid dienone is 2. The molecule has 0 heteroatoms. The molecule has 27 heavy (non-hydrogen) atoms. The Morgan fingerprint density at radius 3 is 2.04 bits per heavy atom. The van der Waals surface area contributed by atoms with Crippen molar-refractivity contribution in [3.05, 3.63) is 42.0 Å². The van der Waals surface area contributed by atoms with Crippen LogP contribution in [0.1, 0.15) is 96.5 Å². The molecule has 0 nitrogen and oxygen atoms in total. The maximum absolute atomic E-state index is 2.60. The van der Waals surface area contributed by atoms with Crippen molar-refractivity contribution in [2.75, 3.05) is 0 Å². The lowest BCUT2D eigenvalue weighted by molar-refractivity contribution is 0.0754. The number of rotatable bonds is 4. The highest BCUT2D eigenvalue weighted by Gasteiger charge is 2.39. The second-order valence-electron chi connectivity index (χ2n) is 10.3. The first-order valence-electron chi connectivity index (χ1n) is 11.9. The van der Waals surface area contributed by atoms with Gasteiger partial charge in [-0.25, -0.2) is 0 Å². The highest BCUT2D eigenvalue weighted by atomic mass is 14.4. The Kier molecular flexibility index (Phi) is 6.10. The van der Waals surface area contributed by atoms with E-state index in [0.717, 1.165) is 23.7 Å². The lowest BCUT2D eigenvalue weighted by Crippen LogP contribution is -2.34. The van der Waals surface area contributed by atoms with E-state index < -0.39 is 0 Å². The maximum Gasteiger partial charge on any atom is -0.0228 e. The summed E-state index contributed by atoms with van der Waals surface area (Å²) in [5.74, 6) is 4.14. The van der Waals surface area contributed by atoms with Crippen molar-refractivity contribution in [2.45, 2.75) is 90.9 Å². The molecule has 1 atom stereocenters. The second kappa shape index (κ2) is 8.54. The van der Waals surface area contributed by atoms with Crippen LogP contribution in [0.2, 0.25) is 0 Å². The van der Waals surface area contributed by atoms with Gasteiger partial charge in [0.05, 0.1) is 0 Å². The lowest BCUT2D eigenvalue weighted by atomic mass is 9.60. The molecule has 3 aliphatic rings. The van der Waals surface area contributed by atoms with Crippen LogP contribution >= 0.6 is 0 Å². The van der Waals surface area contributed by atoms with Gasteiger partial charge in [-0.1, -0.05) is 69.5 Å². The van der Waals surface area contributed by atoms with Crippen molar-refractivity contribution < 1.29 is 0 Å². The van der Waals surface area contributed by atoms with Crippen LogP contribution in [-0.4, -0.2) is 0 Å². The molecule has 148 valence electrons. The molecule has 1 unspecified atom stereocenters. The molecule has 0 bridgehead atoms. The molecule has 2 fully saturated rings. The molecule has 0 amide bonds. The van der Waals surface area contributed by atoms with Crippen molar-refractivity contribution in [3.8, 4) is 0 Å². The largest absolute Gasteiger partial charge is 0.0802 e. The van der Waals surface area contributed by atoms with Crippen LogP contribution < -0.4 is 0 Å². The summed E-state index contributed by atoms with van der Waals surface area (Å²) >= 11 is 0. The first-order valence-corrected chi connectivity index (χ1v) is 11.9. The summed E-state index contributed by atoms with van der Waals surface area (Å²) in [4.78, 5) is 0. The summed E-state index contributed by atoms with van der Waals surface area (Å²) in [5, 5.41) is 0. The predicted molar refractivity (Wildman–Crippen MR) is 118 cm³/mol. The van der Waals surface area contributed by atoms with Crippen molar-refractivity contribution in [1.82, 2.24) is 0 Å². The van der Waals surface area contributed by atoms with Crippen molar-refractivity contribution >= 4 is 5.57 Å². The summed E-state index contributed by atoms with van der Waals surface area (Å²) in [5.41, 5.74) is 3.60. The van der Waals surface area contributed by atoms with E-state index in [9.17, 15) is 0 Å². The minimum absolute atomic E-state index is 0.559. The molecule has 3 aliphatic carbocycles. The minimum Gasteiger partial charge on any atom is -0.0802 e. The zero-order chi connectivity index (χ0) is 18.7. The monoisotopic (exact) mass is 364 g/mol. The third-order valence-electron chi connectivity index (χ3n) is 8.82. The molecule has 0 N–H and O–H groups in total. The summed E-state index contributed by atoms with van der Waals surface area (Å²) < 4.78 is 0. The number of benzene rings is 1. The van der Waals surface area contributed by atoms with E-state index in [0.29, 0.717) is 5.41 Å². The van der Waals surface area contributed by atoms with Crippen LogP contribution in [0.4, 0.5) is 0 Å². The summed E-state index contributed by atoms with van der Waals surface area (Å²) in [6, 6.07) is 11.1. The highest BCUT2D eigenvalue weighted by Crippen LogP contribution is 2.51. The molecule has 1 aromatic carbocycles. The predicted octanol–water partition coefficient (Wildman–Crippen LogP) is 8.28. The molecule has 0 aliphatic heterocycles. The van der Waals surface area contributed by atoms with E-state index in [1.807, 2.05) is 0 Å². The molecule has 0 spiro atoms. The molecule has 0 saturated heterocycles. The van der Waals surface area contributed by atoms with Gasteiger partial charge in [-0.15, -0.1) is 0 Å². The lowest BCUT2D eigenvalue weighted by Gasteiger charge is -2.45. The Labute approximate surface area is 167 Å². The van der Waals surface area contributed by atoms with Crippen molar-refractivity contribution in [1.29, 1.82) is 0 Å². The average Bonchev–Trinajstić information content (AvgIpc) is 2.75. The van der Waals surface area contributed by atoms with E-state index >= 15 is 0 Å². The van der Waals surface area contributed by atoms with Crippen molar-refractivity contribution in [3.63, 3.8) is 0 Å². The highest BCUT2D eigenvalue weighted by molar-refractivity contribution is 5.66. The number of hydrogen-bond acceptors (Lipinski definition) is 0. The molecular formula is C27H40. The van der Waals surface area contributed by atoms with Crippen LogP contribution in [0.5, 0.6) is 0 Å². The van der Waals surface area contributed by atoms with Gasteiger partial charge in [0.1, 0.15) is 0 Å². The molecule has 4 rings (SSSR count). The topological polar surface area (TPSA) is 0 Å². The third kappa shape index (κ3) is 4.36. The van der Waals surface area contributed by atoms with Crippen LogP contribution in [0.15, 0.2) is 36.4 Å². The van der Waals surface area contributed by atoms with Gasteiger partial charge in [-0.3, -0.25) is 0 Å². The van der Waals surface area contributed by atoms with E-state index in [1.54, 1.807) is 5.57 Å². The van der Waals surface area contributed by atoms with E-state index in [2.05, 4.69) is 50.3 Å². The summed E-state index contributed by atoms with van der Waals surface area (Å²) in [6.07, 6.45) is 20.1. The quantitative estimate of drug-likeness (QED) is 0.504. The van der Waals surface area contributed by atoms with Gasteiger partial charge in [0.25, 0.3) is 0 Å². The fourth-order valence-electron chi connectivity index (χ4n) is 6.62. The summed E-state index contributed by atoms with van der Waals surface area (Å²) in [6.45, 7) is 4.99. The van der Waals surface area contributed by atoms with Crippen LogP contribution in [-0.2, 0) is 0 Å². The van der Waals surface area contributed by atoms with Crippen LogP contribution in [0.3, 0.4) is 0 Å². The van der Waals surface area contributed by atoms with Gasteiger partial charge in [0, 0.05) is 0 Å². The Morgan fingerprint density at radius 2 is 1.48 bits per heavy atom. The van der Waals surface area contributed by atoms with E-state index in [4.69, 9.17) is 0 Å². The molecule has 2 saturated carbocycles. The average molecular weight is 365 g/mol. The van der Waals surface area contributed by atoms with Gasteiger partial charge < -0.3 is 0 Å². The van der Waals surface area contributed by atoms with Gasteiger partial charge in [-0.2, -0.15) is 0 Å². The van der Waals surface area contributed by atoms with Gasteiger partial charge in [0.2, 0.25) is 0 Å². The molecule has 0 aromatic heterocycles. The van der Waals surface area contributed by atoms with Gasteiger partial charge in [0.15, 0.2) is 0 Å². The number of hydrogen-bond donors (Lipinski definition) is 0. The standard InChI is InChI=1S/C27H40/c1-3-21-9-11-23(12-10-21)24-13-15-26(16-14-24)27(2)19-17-25(18-20-27)22-7-5-4-6-8-22/h4-8,17,21,23-24,26H,3,9-16,18-20H2,1-2H3/t21-,23-,24?,26?,27?. The normalized spacial score (nSPS) is 37.6. The third-order valence-corrected chi connectivity index (χ3v) is 8.82.